The van der Waals surface area contributed by atoms with Crippen LogP contribution in [-0.4, -0.2) is 54.5 Å². The summed E-state index contributed by atoms with van der Waals surface area (Å²) < 4.78 is 29.4. The van der Waals surface area contributed by atoms with Gasteiger partial charge in [-0.2, -0.15) is 0 Å². The molecule has 4 aromatic carbocycles. The number of aromatic nitrogens is 1. The highest BCUT2D eigenvalue weighted by atomic mass is 79.9. The first-order valence-electron chi connectivity index (χ1n) is 16.2. The van der Waals surface area contributed by atoms with Gasteiger partial charge in [-0.25, -0.2) is 13.1 Å². The van der Waals surface area contributed by atoms with Crippen molar-refractivity contribution in [1.82, 2.24) is 14.6 Å². The van der Waals surface area contributed by atoms with Crippen molar-refractivity contribution in [3.63, 3.8) is 0 Å². The fraction of sp³-hybridized carbons (Fsp3) is 0.184. The molecule has 0 aliphatic carbocycles. The van der Waals surface area contributed by atoms with Crippen molar-refractivity contribution >= 4 is 71.9 Å². The molecule has 2 atom stereocenters. The zero-order valence-corrected chi connectivity index (χ0v) is 30.1. The molecule has 0 bridgehead atoms. The van der Waals surface area contributed by atoms with E-state index >= 15 is 0 Å². The van der Waals surface area contributed by atoms with E-state index < -0.39 is 39.7 Å². The number of sulfonamides is 1. The fourth-order valence-corrected chi connectivity index (χ4v) is 7.88. The highest BCUT2D eigenvalue weighted by Gasteiger charge is 2.47. The molecule has 13 heteroatoms. The van der Waals surface area contributed by atoms with E-state index in [1.165, 1.54) is 31.2 Å². The van der Waals surface area contributed by atoms with Gasteiger partial charge in [0, 0.05) is 35.4 Å². The maximum absolute atomic E-state index is 14.7. The Hall–Kier alpha value is -5.24. The maximum atomic E-state index is 14.7. The monoisotopic (exact) mass is 767 g/mol. The van der Waals surface area contributed by atoms with E-state index in [1.54, 1.807) is 66.9 Å². The Kier molecular flexibility index (Phi) is 10.4. The number of aryl methyl sites for hydroxylation is 1. The molecule has 1 aliphatic heterocycles. The fourth-order valence-electron chi connectivity index (χ4n) is 6.32. The summed E-state index contributed by atoms with van der Waals surface area (Å²) in [5, 5.41) is 6.54. The molecule has 1 aromatic heterocycles. The molecule has 2 heterocycles. The predicted molar refractivity (Wildman–Crippen MR) is 198 cm³/mol. The molecule has 0 spiro atoms. The van der Waals surface area contributed by atoms with Gasteiger partial charge in [0.05, 0.1) is 32.9 Å². The molecule has 5 aromatic rings. The van der Waals surface area contributed by atoms with E-state index in [0.717, 1.165) is 15.8 Å². The molecular formula is C38H34BrN5O6S. The number of fused-ring (bicyclic) bond motifs is 2. The van der Waals surface area contributed by atoms with Crippen molar-refractivity contribution in [2.45, 2.75) is 43.5 Å². The first kappa shape index (κ1) is 35.6. The third-order valence-corrected chi connectivity index (χ3v) is 10.8. The number of benzene rings is 4. The van der Waals surface area contributed by atoms with Crippen LogP contribution in [-0.2, 0) is 19.6 Å². The molecule has 0 unspecified atom stereocenters. The second-order valence-electron chi connectivity index (χ2n) is 12.2. The van der Waals surface area contributed by atoms with E-state index in [-0.39, 0.29) is 41.3 Å². The summed E-state index contributed by atoms with van der Waals surface area (Å²) in [5.41, 5.74) is 2.95. The number of hydrogen-bond donors (Lipinski definition) is 3. The lowest BCUT2D eigenvalue weighted by Crippen LogP contribution is -2.51. The Labute approximate surface area is 303 Å². The van der Waals surface area contributed by atoms with E-state index in [1.807, 2.05) is 19.1 Å². The Morgan fingerprint density at radius 3 is 2.20 bits per heavy atom. The number of nitrogens with zero attached hydrogens (tertiary/aromatic N) is 2. The molecule has 0 radical (unpaired) electrons. The number of rotatable bonds is 12. The molecule has 11 nitrogen and oxygen atoms in total. The molecule has 0 saturated heterocycles. The van der Waals surface area contributed by atoms with E-state index in [9.17, 15) is 27.6 Å². The predicted octanol–water partition coefficient (Wildman–Crippen LogP) is 6.41. The lowest BCUT2D eigenvalue weighted by molar-refractivity contribution is -0.120. The number of carbonyl (C=O) groups excluding carboxylic acids is 4. The highest BCUT2D eigenvalue weighted by molar-refractivity contribution is 9.10. The van der Waals surface area contributed by atoms with Gasteiger partial charge in [-0.1, -0.05) is 60.2 Å². The van der Waals surface area contributed by atoms with E-state index in [2.05, 4.69) is 36.3 Å². The molecule has 260 valence electrons. The minimum absolute atomic E-state index is 0.0140. The number of anilines is 2. The first-order valence-corrected chi connectivity index (χ1v) is 18.5. The van der Waals surface area contributed by atoms with Crippen LogP contribution >= 0.6 is 15.9 Å². The summed E-state index contributed by atoms with van der Waals surface area (Å²) in [6.07, 6.45) is 1.92. The topological polar surface area (TPSA) is 155 Å². The summed E-state index contributed by atoms with van der Waals surface area (Å²) in [4.78, 5) is 60.8. The van der Waals surface area contributed by atoms with Crippen molar-refractivity contribution in [1.29, 1.82) is 0 Å². The average molecular weight is 769 g/mol. The molecule has 4 amide bonds. The smallest absolute Gasteiger partial charge is 0.262 e. The first-order chi connectivity index (χ1) is 24.5. The number of amides is 4. The molecule has 0 fully saturated rings. The van der Waals surface area contributed by atoms with Crippen LogP contribution in [0.3, 0.4) is 0 Å². The van der Waals surface area contributed by atoms with Gasteiger partial charge >= 0.3 is 0 Å². The van der Waals surface area contributed by atoms with Crippen LogP contribution in [0.15, 0.2) is 113 Å². The second kappa shape index (κ2) is 14.9. The largest absolute Gasteiger partial charge is 0.325 e. The Bertz CT molecular complexity index is 2240. The molecule has 1 aliphatic rings. The van der Waals surface area contributed by atoms with Crippen LogP contribution in [0.1, 0.15) is 57.5 Å². The van der Waals surface area contributed by atoms with Crippen molar-refractivity contribution in [3.05, 3.63) is 130 Å². The third kappa shape index (κ3) is 7.46. The number of para-hydroxylation sites is 2. The Balaban J connectivity index is 1.43. The Morgan fingerprint density at radius 2 is 1.51 bits per heavy atom. The van der Waals surface area contributed by atoms with E-state index in [4.69, 9.17) is 0 Å². The zero-order chi connectivity index (χ0) is 36.3. The van der Waals surface area contributed by atoms with Gasteiger partial charge in [0.1, 0.15) is 6.04 Å². The average Bonchev–Trinajstić information content (AvgIpc) is 3.36. The minimum Gasteiger partial charge on any atom is -0.325 e. The molecule has 0 saturated carbocycles. The van der Waals surface area contributed by atoms with Gasteiger partial charge in [-0.15, -0.1) is 0 Å². The number of hydrogen-bond acceptors (Lipinski definition) is 7. The number of nitrogens with one attached hydrogen (secondary N) is 3. The van der Waals surface area contributed by atoms with Crippen molar-refractivity contribution in [3.8, 4) is 0 Å². The van der Waals surface area contributed by atoms with Crippen molar-refractivity contribution in [2.75, 3.05) is 17.2 Å². The van der Waals surface area contributed by atoms with Crippen molar-refractivity contribution in [2.24, 2.45) is 0 Å². The van der Waals surface area contributed by atoms with Gasteiger partial charge in [0.15, 0.2) is 0 Å². The van der Waals surface area contributed by atoms with E-state index in [0.29, 0.717) is 26.9 Å². The van der Waals surface area contributed by atoms with Gasteiger partial charge in [0.25, 0.3) is 11.8 Å². The number of halogens is 1. The Morgan fingerprint density at radius 1 is 0.843 bits per heavy atom. The molecule has 3 N–H and O–H groups in total. The lowest BCUT2D eigenvalue weighted by Gasteiger charge is -2.34. The standard InChI is InChI=1S/C38H34BrN5O6S/c1-23-17-19-26(20-18-23)51(49,50)41-22-8-14-28(27-13-6-15-31(39)34(27)42-24(2)45)35(44-37(47)29-11-3-4-12-30(29)38(44)48)36(46)43-32-16-5-9-25-10-7-21-40-33(25)32/h3-7,9-13,15-21,28,35,41H,8,14,22H2,1-2H3,(H,42,45)(H,43,46)/t28-,35+/m1/s1. The summed E-state index contributed by atoms with van der Waals surface area (Å²) in [7, 11) is -3.86. The van der Waals surface area contributed by atoms with Gasteiger partial charge in [0.2, 0.25) is 21.8 Å². The van der Waals surface area contributed by atoms with Crippen LogP contribution in [0.25, 0.3) is 10.9 Å². The van der Waals surface area contributed by atoms with Gasteiger partial charge < -0.3 is 10.6 Å². The minimum atomic E-state index is -3.86. The van der Waals surface area contributed by atoms with Crippen molar-refractivity contribution < 1.29 is 27.6 Å². The number of carbonyl (C=O) groups is 4. The van der Waals surface area contributed by atoms with Crippen LogP contribution in [0.4, 0.5) is 11.4 Å². The SMILES string of the molecule is CC(=O)Nc1c(Br)cccc1[C@@H](CCCNS(=O)(=O)c1ccc(C)cc1)[C@@H](C(=O)Nc1cccc2cccnc12)N1C(=O)c2ccccc2C1=O. The summed E-state index contributed by atoms with van der Waals surface area (Å²) in [6.45, 7) is 3.19. The lowest BCUT2D eigenvalue weighted by atomic mass is 9.84. The quantitative estimate of drug-likeness (QED) is 0.0980. The summed E-state index contributed by atoms with van der Waals surface area (Å²) >= 11 is 3.52. The van der Waals surface area contributed by atoms with Gasteiger partial charge in [-0.05, 0) is 83.7 Å². The van der Waals surface area contributed by atoms with Gasteiger partial charge in [-0.3, -0.25) is 29.1 Å². The normalized spacial score (nSPS) is 13.9. The van der Waals surface area contributed by atoms with Crippen LogP contribution in [0.5, 0.6) is 0 Å². The van der Waals surface area contributed by atoms with Crippen LogP contribution < -0.4 is 15.4 Å². The third-order valence-electron chi connectivity index (χ3n) is 8.71. The van der Waals surface area contributed by atoms with Crippen LogP contribution in [0, 0.1) is 6.92 Å². The summed E-state index contributed by atoms with van der Waals surface area (Å²) in [5.74, 6) is -3.25. The molecule has 51 heavy (non-hydrogen) atoms. The van der Waals surface area contributed by atoms with Crippen LogP contribution in [0.2, 0.25) is 0 Å². The molecule has 6 rings (SSSR count). The second-order valence-corrected chi connectivity index (χ2v) is 14.8. The maximum Gasteiger partial charge on any atom is 0.262 e. The number of pyridine rings is 1. The number of imide groups is 1. The zero-order valence-electron chi connectivity index (χ0n) is 27.7. The highest BCUT2D eigenvalue weighted by Crippen LogP contribution is 2.40. The summed E-state index contributed by atoms with van der Waals surface area (Å²) in [6, 6.07) is 25.5. The molecular weight excluding hydrogens is 734 g/mol.